The van der Waals surface area contributed by atoms with Gasteiger partial charge in [-0.05, 0) is 67.6 Å². The molecule has 0 radical (unpaired) electrons. The summed E-state index contributed by atoms with van der Waals surface area (Å²) in [4.78, 5) is 23.6. The highest BCUT2D eigenvalue weighted by Gasteiger charge is 2.60. The fourth-order valence-corrected chi connectivity index (χ4v) is 8.00. The zero-order valence-corrected chi connectivity index (χ0v) is 20.4. The summed E-state index contributed by atoms with van der Waals surface area (Å²) >= 11 is 0. The minimum absolute atomic E-state index is 0.130. The number of carbonyl (C=O) groups is 2. The summed E-state index contributed by atoms with van der Waals surface area (Å²) in [7, 11) is 1.46. The number of aliphatic hydroxyl groups excluding tert-OH is 1. The highest BCUT2D eigenvalue weighted by molar-refractivity contribution is 5.69. The zero-order chi connectivity index (χ0) is 23.3. The van der Waals surface area contributed by atoms with Gasteiger partial charge in [0.2, 0.25) is 0 Å². The topological polar surface area (TPSA) is 72.8 Å². The van der Waals surface area contributed by atoms with E-state index in [4.69, 9.17) is 9.47 Å². The molecule has 0 aromatic heterocycles. The monoisotopic (exact) mass is 444 g/mol. The van der Waals surface area contributed by atoms with E-state index in [1.165, 1.54) is 25.2 Å². The molecule has 2 saturated carbocycles. The van der Waals surface area contributed by atoms with Gasteiger partial charge in [-0.1, -0.05) is 44.1 Å². The van der Waals surface area contributed by atoms with Gasteiger partial charge in [0.05, 0.1) is 13.2 Å². The van der Waals surface area contributed by atoms with E-state index < -0.39 is 6.10 Å². The highest BCUT2D eigenvalue weighted by atomic mass is 16.5. The van der Waals surface area contributed by atoms with Crippen molar-refractivity contribution in [3.8, 4) is 0 Å². The molecule has 5 nitrogen and oxygen atoms in total. The lowest BCUT2D eigenvalue weighted by molar-refractivity contribution is -0.165. The summed E-state index contributed by atoms with van der Waals surface area (Å²) in [6, 6.07) is 0. The molecule has 0 saturated heterocycles. The van der Waals surface area contributed by atoms with E-state index in [-0.39, 0.29) is 28.9 Å². The molecule has 0 aliphatic heterocycles. The third-order valence-corrected chi connectivity index (χ3v) is 9.64. The van der Waals surface area contributed by atoms with Crippen LogP contribution in [-0.4, -0.2) is 36.4 Å². The van der Waals surface area contributed by atoms with Crippen LogP contribution in [-0.2, 0) is 19.1 Å². The number of hydrogen-bond acceptors (Lipinski definition) is 5. The van der Waals surface area contributed by atoms with E-state index in [9.17, 15) is 14.7 Å². The standard InChI is InChI=1S/C27H40O5/c1-16(6-11-25(30)31-5)21-9-10-22-20-8-7-18-14-19(29)15-24(32-17(2)28)27(18,4)23(20)12-13-26(21,22)3/h7,9,16,19-20,22-24,29H,6,8,10-15H2,1-5H3/t16-,19-,20+,22+,23+,24+,26-,27+/m1/s1. The van der Waals surface area contributed by atoms with Gasteiger partial charge in [-0.3, -0.25) is 9.59 Å². The number of methoxy groups -OCH3 is 1. The minimum atomic E-state index is -0.431. The quantitative estimate of drug-likeness (QED) is 0.478. The van der Waals surface area contributed by atoms with Gasteiger partial charge in [0, 0.05) is 25.2 Å². The molecule has 4 aliphatic rings. The number of allylic oxidation sites excluding steroid dienone is 3. The Hall–Kier alpha value is -1.62. The second-order valence-electron chi connectivity index (χ2n) is 11.2. The first-order valence-electron chi connectivity index (χ1n) is 12.4. The summed E-state index contributed by atoms with van der Waals surface area (Å²) in [5.74, 6) is 1.60. The Morgan fingerprint density at radius 3 is 2.66 bits per heavy atom. The molecule has 0 unspecified atom stereocenters. The van der Waals surface area contributed by atoms with Crippen LogP contribution in [0.25, 0.3) is 0 Å². The summed E-state index contributed by atoms with van der Waals surface area (Å²) in [6.45, 7) is 8.47. The molecule has 178 valence electrons. The first kappa shape index (κ1) is 23.5. The van der Waals surface area contributed by atoms with Crippen LogP contribution in [0.4, 0.5) is 0 Å². The van der Waals surface area contributed by atoms with Crippen molar-refractivity contribution >= 4 is 11.9 Å². The van der Waals surface area contributed by atoms with Crippen LogP contribution in [0.5, 0.6) is 0 Å². The minimum Gasteiger partial charge on any atom is -0.469 e. The number of ether oxygens (including phenoxy) is 2. The second-order valence-corrected chi connectivity index (χ2v) is 11.2. The Bertz CT molecular complexity index is 828. The first-order valence-corrected chi connectivity index (χ1v) is 12.4. The number of aliphatic hydroxyl groups is 1. The molecule has 0 aromatic carbocycles. The molecule has 0 heterocycles. The Labute approximate surface area is 192 Å². The Morgan fingerprint density at radius 2 is 1.97 bits per heavy atom. The van der Waals surface area contributed by atoms with Crippen LogP contribution < -0.4 is 0 Å². The highest BCUT2D eigenvalue weighted by Crippen LogP contribution is 2.66. The maximum atomic E-state index is 11.9. The summed E-state index contributed by atoms with van der Waals surface area (Å²) < 4.78 is 10.7. The van der Waals surface area contributed by atoms with Crippen molar-refractivity contribution < 1.29 is 24.2 Å². The zero-order valence-electron chi connectivity index (χ0n) is 20.4. The average Bonchev–Trinajstić information content (AvgIpc) is 3.09. The van der Waals surface area contributed by atoms with Gasteiger partial charge in [-0.15, -0.1) is 0 Å². The van der Waals surface area contributed by atoms with Crippen LogP contribution in [0.3, 0.4) is 0 Å². The third-order valence-electron chi connectivity index (χ3n) is 9.64. The van der Waals surface area contributed by atoms with E-state index in [0.29, 0.717) is 42.9 Å². The predicted molar refractivity (Wildman–Crippen MR) is 123 cm³/mol. The largest absolute Gasteiger partial charge is 0.469 e. The maximum Gasteiger partial charge on any atom is 0.305 e. The van der Waals surface area contributed by atoms with Crippen molar-refractivity contribution in [2.75, 3.05) is 7.11 Å². The van der Waals surface area contributed by atoms with Gasteiger partial charge in [-0.25, -0.2) is 0 Å². The molecule has 4 rings (SSSR count). The van der Waals surface area contributed by atoms with Crippen molar-refractivity contribution in [1.82, 2.24) is 0 Å². The Kier molecular flexibility index (Phi) is 6.34. The fourth-order valence-electron chi connectivity index (χ4n) is 8.00. The number of hydrogen-bond donors (Lipinski definition) is 1. The lowest BCUT2D eigenvalue weighted by Crippen LogP contribution is -2.56. The van der Waals surface area contributed by atoms with E-state index in [1.807, 2.05) is 0 Å². The molecule has 2 fully saturated rings. The molecule has 1 N–H and O–H groups in total. The average molecular weight is 445 g/mol. The molecule has 5 heteroatoms. The normalized spacial score (nSPS) is 41.4. The number of fused-ring (bicyclic) bond motifs is 5. The van der Waals surface area contributed by atoms with Crippen molar-refractivity contribution in [2.24, 2.45) is 34.5 Å². The molecule has 0 amide bonds. The molecule has 32 heavy (non-hydrogen) atoms. The van der Waals surface area contributed by atoms with Crippen LogP contribution in [0.15, 0.2) is 23.3 Å². The fraction of sp³-hybridized carbons (Fsp3) is 0.778. The summed E-state index contributed by atoms with van der Waals surface area (Å²) in [5, 5.41) is 10.5. The van der Waals surface area contributed by atoms with Crippen molar-refractivity contribution in [2.45, 2.75) is 91.3 Å². The molecule has 0 bridgehead atoms. The van der Waals surface area contributed by atoms with Crippen LogP contribution in [0.2, 0.25) is 0 Å². The van der Waals surface area contributed by atoms with Crippen molar-refractivity contribution in [3.05, 3.63) is 23.3 Å². The van der Waals surface area contributed by atoms with Gasteiger partial charge in [0.1, 0.15) is 6.10 Å². The molecular formula is C27H40O5. The van der Waals surface area contributed by atoms with Gasteiger partial charge in [0.25, 0.3) is 0 Å². The van der Waals surface area contributed by atoms with Gasteiger partial charge >= 0.3 is 11.9 Å². The summed E-state index contributed by atoms with van der Waals surface area (Å²) in [5.41, 5.74) is 2.81. The van der Waals surface area contributed by atoms with E-state index in [0.717, 1.165) is 32.1 Å². The third kappa shape index (κ3) is 3.74. The lowest BCUT2D eigenvalue weighted by atomic mass is 9.46. The Balaban J connectivity index is 1.57. The Morgan fingerprint density at radius 1 is 1.22 bits per heavy atom. The predicted octanol–water partition coefficient (Wildman–Crippen LogP) is 4.98. The maximum absolute atomic E-state index is 11.9. The SMILES string of the molecule is COC(=O)CC[C@@H](C)C1=CC[C@H]2[C@@H]3CC=C4C[C@@H](O)C[C@H](OC(C)=O)[C@]4(C)[C@H]3CC[C@]12C. The molecule has 0 aromatic rings. The van der Waals surface area contributed by atoms with Crippen molar-refractivity contribution in [3.63, 3.8) is 0 Å². The van der Waals surface area contributed by atoms with Crippen molar-refractivity contribution in [1.29, 1.82) is 0 Å². The van der Waals surface area contributed by atoms with Gasteiger partial charge in [0.15, 0.2) is 0 Å². The lowest BCUT2D eigenvalue weighted by Gasteiger charge is -2.59. The molecule has 4 aliphatic carbocycles. The van der Waals surface area contributed by atoms with Crippen LogP contribution >= 0.6 is 0 Å². The number of carbonyl (C=O) groups excluding carboxylic acids is 2. The molecular weight excluding hydrogens is 404 g/mol. The summed E-state index contributed by atoms with van der Waals surface area (Å²) in [6.07, 6.45) is 11.1. The first-order chi connectivity index (χ1) is 15.1. The number of esters is 2. The number of rotatable bonds is 5. The van der Waals surface area contributed by atoms with E-state index in [1.54, 1.807) is 0 Å². The van der Waals surface area contributed by atoms with Crippen LogP contribution in [0.1, 0.15) is 79.1 Å². The van der Waals surface area contributed by atoms with Crippen LogP contribution in [0, 0.1) is 34.5 Å². The van der Waals surface area contributed by atoms with Gasteiger partial charge < -0.3 is 14.6 Å². The molecule has 8 atom stereocenters. The molecule has 0 spiro atoms. The van der Waals surface area contributed by atoms with E-state index in [2.05, 4.69) is 32.9 Å². The van der Waals surface area contributed by atoms with Gasteiger partial charge in [-0.2, -0.15) is 0 Å². The smallest absolute Gasteiger partial charge is 0.305 e. The van der Waals surface area contributed by atoms with E-state index >= 15 is 0 Å². The second kappa shape index (κ2) is 8.62.